The van der Waals surface area contributed by atoms with Crippen LogP contribution in [0.5, 0.6) is 5.88 Å². The summed E-state index contributed by atoms with van der Waals surface area (Å²) < 4.78 is 55.9. The molecule has 0 radical (unpaired) electrons. The van der Waals surface area contributed by atoms with E-state index in [9.17, 15) is 13.6 Å². The second-order valence-electron chi connectivity index (χ2n) is 10.8. The molecule has 0 amide bonds. The van der Waals surface area contributed by atoms with Gasteiger partial charge in [-0.3, -0.25) is 4.39 Å². The van der Waals surface area contributed by atoms with Crippen LogP contribution in [-0.2, 0) is 24.3 Å². The zero-order valence-electron chi connectivity index (χ0n) is 23.7. The number of hydrogen-bond donors (Lipinski definition) is 0. The lowest BCUT2D eigenvalue weighted by Crippen LogP contribution is -2.17. The van der Waals surface area contributed by atoms with Crippen molar-refractivity contribution in [2.45, 2.75) is 32.4 Å². The van der Waals surface area contributed by atoms with Gasteiger partial charge in [-0.2, -0.15) is 5.26 Å². The number of benzene rings is 2. The van der Waals surface area contributed by atoms with Crippen LogP contribution in [0.2, 0.25) is 0 Å². The van der Waals surface area contributed by atoms with Crippen molar-refractivity contribution in [3.8, 4) is 23.2 Å². The number of nitriles is 1. The highest BCUT2D eigenvalue weighted by molar-refractivity contribution is 5.89. The first-order valence-corrected chi connectivity index (χ1v) is 13.9. The third kappa shape index (κ3) is 5.83. The number of esters is 1. The summed E-state index contributed by atoms with van der Waals surface area (Å²) in [4.78, 5) is 25.7. The van der Waals surface area contributed by atoms with Gasteiger partial charge in [0.2, 0.25) is 5.88 Å². The monoisotopic (exact) mass is 597 g/mol. The Morgan fingerprint density at radius 1 is 1.00 bits per heavy atom. The second kappa shape index (κ2) is 11.8. The van der Waals surface area contributed by atoms with Gasteiger partial charge in [0.1, 0.15) is 29.6 Å². The number of alkyl halides is 1. The maximum absolute atomic E-state index is 15.5. The van der Waals surface area contributed by atoms with Gasteiger partial charge in [-0.15, -0.1) is 0 Å². The van der Waals surface area contributed by atoms with E-state index in [2.05, 4.69) is 15.0 Å². The number of carbonyl (C=O) groups excluding carboxylic acids is 1. The Hall–Kier alpha value is -5.24. The largest absolute Gasteiger partial charge is 0.473 e. The first-order valence-electron chi connectivity index (χ1n) is 13.9. The van der Waals surface area contributed by atoms with Gasteiger partial charge in [0.05, 0.1) is 31.1 Å². The highest BCUT2D eigenvalue weighted by Crippen LogP contribution is 2.48. The molecule has 6 rings (SSSR count). The van der Waals surface area contributed by atoms with Gasteiger partial charge in [0.25, 0.3) is 0 Å². The molecule has 1 fully saturated rings. The third-order valence-corrected chi connectivity index (χ3v) is 7.78. The van der Waals surface area contributed by atoms with Gasteiger partial charge in [0, 0.05) is 35.6 Å². The van der Waals surface area contributed by atoms with Crippen molar-refractivity contribution < 1.29 is 27.4 Å². The molecule has 222 valence electrons. The van der Waals surface area contributed by atoms with Crippen molar-refractivity contribution in [2.75, 3.05) is 13.8 Å². The van der Waals surface area contributed by atoms with Crippen LogP contribution < -0.4 is 4.74 Å². The van der Waals surface area contributed by atoms with Crippen molar-refractivity contribution in [1.82, 2.24) is 19.5 Å². The molecule has 44 heavy (non-hydrogen) atoms. The SMILES string of the molecule is COC(=O)c1ccc2nc(Cc3ccc(-c4cccc(OCc5ccc(C#N)cc5F)n4)cc3F)n(CC3(CF)CC3)c2n1. The molecule has 3 heterocycles. The van der Waals surface area contributed by atoms with Gasteiger partial charge in [0.15, 0.2) is 11.3 Å². The van der Waals surface area contributed by atoms with E-state index in [0.29, 0.717) is 40.4 Å². The van der Waals surface area contributed by atoms with Gasteiger partial charge < -0.3 is 14.0 Å². The molecule has 0 N–H and O–H groups in total. The molecule has 0 saturated heterocycles. The van der Waals surface area contributed by atoms with E-state index in [4.69, 9.17) is 14.7 Å². The summed E-state index contributed by atoms with van der Waals surface area (Å²) >= 11 is 0. The number of pyridine rings is 2. The number of hydrogen-bond acceptors (Lipinski definition) is 7. The molecule has 0 spiro atoms. The summed E-state index contributed by atoms with van der Waals surface area (Å²) in [7, 11) is 1.27. The predicted molar refractivity (Wildman–Crippen MR) is 154 cm³/mol. The summed E-state index contributed by atoms with van der Waals surface area (Å²) in [5, 5.41) is 8.92. The van der Waals surface area contributed by atoms with Crippen molar-refractivity contribution in [3.05, 3.63) is 107 Å². The fraction of sp³-hybridized carbons (Fsp3) is 0.242. The maximum Gasteiger partial charge on any atom is 0.356 e. The fourth-order valence-corrected chi connectivity index (χ4v) is 4.98. The molecule has 5 aromatic rings. The minimum atomic E-state index is -0.598. The molecule has 3 aromatic heterocycles. The Labute approximate surface area is 250 Å². The normalized spacial score (nSPS) is 13.4. The molecule has 1 aliphatic carbocycles. The third-order valence-electron chi connectivity index (χ3n) is 7.78. The average molecular weight is 598 g/mol. The summed E-state index contributed by atoms with van der Waals surface area (Å²) in [5.41, 5.74) is 2.34. The smallest absolute Gasteiger partial charge is 0.356 e. The molecule has 11 heteroatoms. The van der Waals surface area contributed by atoms with E-state index in [1.165, 1.54) is 31.4 Å². The number of halogens is 3. The Kier molecular flexibility index (Phi) is 7.74. The van der Waals surface area contributed by atoms with Crippen LogP contribution in [0.3, 0.4) is 0 Å². The average Bonchev–Trinajstić information content (AvgIpc) is 3.75. The standard InChI is InChI=1S/C33H26F3N5O3/c1-43-32(42)28-10-9-27-31(40-28)41(19-33(18-34)11-12-33)29(38-27)15-21-7-8-22(14-25(21)36)26-3-2-4-30(39-26)44-17-23-6-5-20(16-37)13-24(23)35/h2-10,13-14H,11-12,15,17-19H2,1H3. The Morgan fingerprint density at radius 2 is 1.80 bits per heavy atom. The van der Waals surface area contributed by atoms with E-state index in [0.717, 1.165) is 18.9 Å². The van der Waals surface area contributed by atoms with Crippen molar-refractivity contribution in [1.29, 1.82) is 5.26 Å². The minimum Gasteiger partial charge on any atom is -0.473 e. The molecule has 1 saturated carbocycles. The molecule has 2 aromatic carbocycles. The fourth-order valence-electron chi connectivity index (χ4n) is 4.98. The van der Waals surface area contributed by atoms with Gasteiger partial charge in [-0.25, -0.2) is 28.5 Å². The Balaban J connectivity index is 1.24. The van der Waals surface area contributed by atoms with Gasteiger partial charge >= 0.3 is 5.97 Å². The number of fused-ring (bicyclic) bond motifs is 1. The lowest BCUT2D eigenvalue weighted by atomic mass is 10.0. The van der Waals surface area contributed by atoms with Crippen LogP contribution in [0.25, 0.3) is 22.4 Å². The number of nitrogens with zero attached hydrogens (tertiary/aromatic N) is 5. The summed E-state index contributed by atoms with van der Waals surface area (Å²) in [5.74, 6) is -0.902. The van der Waals surface area contributed by atoms with E-state index in [1.54, 1.807) is 41.0 Å². The van der Waals surface area contributed by atoms with Crippen LogP contribution in [0.1, 0.15) is 45.8 Å². The first kappa shape index (κ1) is 28.9. The predicted octanol–water partition coefficient (Wildman–Crippen LogP) is 6.35. The number of carbonyl (C=O) groups is 1. The van der Waals surface area contributed by atoms with Crippen molar-refractivity contribution >= 4 is 17.1 Å². The molecular formula is C33H26F3N5O3. The lowest BCUT2D eigenvalue weighted by molar-refractivity contribution is 0.0594. The first-order chi connectivity index (χ1) is 21.3. The molecule has 1 aliphatic rings. The number of aromatic nitrogens is 4. The number of methoxy groups -OCH3 is 1. The molecular weight excluding hydrogens is 571 g/mol. The van der Waals surface area contributed by atoms with E-state index in [1.807, 2.05) is 6.07 Å². The molecule has 0 unspecified atom stereocenters. The Morgan fingerprint density at radius 3 is 2.50 bits per heavy atom. The summed E-state index contributed by atoms with van der Waals surface area (Å²) in [6.07, 6.45) is 1.56. The van der Waals surface area contributed by atoms with E-state index < -0.39 is 29.7 Å². The highest BCUT2D eigenvalue weighted by atomic mass is 19.1. The highest BCUT2D eigenvalue weighted by Gasteiger charge is 2.44. The van der Waals surface area contributed by atoms with E-state index in [-0.39, 0.29) is 35.7 Å². The molecule has 0 atom stereocenters. The molecule has 8 nitrogen and oxygen atoms in total. The van der Waals surface area contributed by atoms with Crippen LogP contribution >= 0.6 is 0 Å². The quantitative estimate of drug-likeness (QED) is 0.173. The van der Waals surface area contributed by atoms with Crippen molar-refractivity contribution in [2.24, 2.45) is 5.41 Å². The number of rotatable bonds is 10. The second-order valence-corrected chi connectivity index (χ2v) is 10.8. The zero-order valence-corrected chi connectivity index (χ0v) is 23.7. The van der Waals surface area contributed by atoms with E-state index >= 15 is 4.39 Å². The summed E-state index contributed by atoms with van der Waals surface area (Å²) in [6.45, 7) is -0.276. The Bertz CT molecular complexity index is 1930. The number of imidazole rings is 1. The lowest BCUT2D eigenvalue weighted by Gasteiger charge is -2.15. The maximum atomic E-state index is 15.5. The molecule has 0 bridgehead atoms. The molecule has 0 aliphatic heterocycles. The van der Waals surface area contributed by atoms with Gasteiger partial charge in [-0.1, -0.05) is 24.3 Å². The van der Waals surface area contributed by atoms with Crippen LogP contribution in [0.4, 0.5) is 13.2 Å². The van der Waals surface area contributed by atoms with Crippen molar-refractivity contribution in [3.63, 3.8) is 0 Å². The van der Waals surface area contributed by atoms with Gasteiger partial charge in [-0.05, 0) is 54.8 Å². The van der Waals surface area contributed by atoms with Crippen LogP contribution in [0.15, 0.2) is 66.7 Å². The summed E-state index contributed by atoms with van der Waals surface area (Å²) in [6, 6.07) is 19.0. The topological polar surface area (TPSA) is 103 Å². The van der Waals surface area contributed by atoms with Crippen LogP contribution in [0, 0.1) is 28.4 Å². The number of ether oxygens (including phenoxy) is 2. The minimum absolute atomic E-state index is 0.0953. The zero-order chi connectivity index (χ0) is 30.8. The van der Waals surface area contributed by atoms with Crippen LogP contribution in [-0.4, -0.2) is 39.3 Å².